The smallest absolute Gasteiger partial charge is 0.337 e. The van der Waals surface area contributed by atoms with Gasteiger partial charge >= 0.3 is 5.97 Å². The molecule has 220 valence electrons. The van der Waals surface area contributed by atoms with Crippen LogP contribution in [0.2, 0.25) is 0 Å². The molecule has 8 bridgehead atoms. The molecule has 9 nitrogen and oxygen atoms in total. The number of non-ortho nitro benzene ring substituents is 1. The van der Waals surface area contributed by atoms with Gasteiger partial charge in [0.1, 0.15) is 0 Å². The molecular formula is C34H21Br2N5O4. The average Bonchev–Trinajstić information content (AvgIpc) is 3.89. The number of fused-ring (bicyclic) bond motifs is 8. The van der Waals surface area contributed by atoms with Crippen molar-refractivity contribution in [3.8, 4) is 22.3 Å². The van der Waals surface area contributed by atoms with Gasteiger partial charge in [0.25, 0.3) is 5.69 Å². The summed E-state index contributed by atoms with van der Waals surface area (Å²) in [5.41, 5.74) is 9.86. The van der Waals surface area contributed by atoms with Crippen LogP contribution in [0.3, 0.4) is 0 Å². The van der Waals surface area contributed by atoms with Crippen molar-refractivity contribution < 1.29 is 14.5 Å². The number of rotatable bonds is 4. The largest absolute Gasteiger partial charge is 0.465 e. The number of ether oxygens (including phenoxy) is 1. The molecule has 0 saturated heterocycles. The van der Waals surface area contributed by atoms with Gasteiger partial charge in [0.2, 0.25) is 0 Å². The summed E-state index contributed by atoms with van der Waals surface area (Å²) in [6.07, 6.45) is 7.76. The number of halogens is 2. The number of carbonyl (C=O) groups is 1. The van der Waals surface area contributed by atoms with Crippen LogP contribution < -0.4 is 0 Å². The quantitative estimate of drug-likeness (QED) is 0.106. The highest BCUT2D eigenvalue weighted by Gasteiger charge is 2.18. The molecule has 0 unspecified atom stereocenters. The van der Waals surface area contributed by atoms with E-state index in [1.165, 1.54) is 19.2 Å². The van der Waals surface area contributed by atoms with Crippen molar-refractivity contribution in [2.75, 3.05) is 7.11 Å². The van der Waals surface area contributed by atoms with Gasteiger partial charge in [-0.25, -0.2) is 14.8 Å². The Morgan fingerprint density at radius 1 is 0.667 bits per heavy atom. The first-order valence-electron chi connectivity index (χ1n) is 13.7. The zero-order valence-electron chi connectivity index (χ0n) is 23.5. The Morgan fingerprint density at radius 2 is 1.11 bits per heavy atom. The van der Waals surface area contributed by atoms with Gasteiger partial charge in [0, 0.05) is 34.3 Å². The summed E-state index contributed by atoms with van der Waals surface area (Å²) >= 11 is 7.52. The van der Waals surface area contributed by atoms with Crippen molar-refractivity contribution >= 4 is 89.9 Å². The maximum Gasteiger partial charge on any atom is 0.337 e. The number of nitrogens with zero attached hydrogens (tertiary/aromatic N) is 3. The predicted octanol–water partition coefficient (Wildman–Crippen LogP) is 9.21. The van der Waals surface area contributed by atoms with Crippen LogP contribution in [0.5, 0.6) is 0 Å². The fourth-order valence-electron chi connectivity index (χ4n) is 5.38. The highest BCUT2D eigenvalue weighted by molar-refractivity contribution is 9.11. The minimum Gasteiger partial charge on any atom is -0.465 e. The van der Waals surface area contributed by atoms with E-state index >= 15 is 0 Å². The second kappa shape index (κ2) is 11.4. The molecule has 2 aliphatic rings. The number of aromatic amines is 2. The van der Waals surface area contributed by atoms with Crippen molar-refractivity contribution in [2.45, 2.75) is 0 Å². The SMILES string of the molecule is COC(=O)c1ccc(-c2c3nc(c(Br)c4ccc([nH]4)c(-c4ccc([N+](=O)[O-])cc4)c4ccc([nH]4)c(Br)c4nc2C=C4)C=C3)cc1. The lowest BCUT2D eigenvalue weighted by Gasteiger charge is -2.06. The number of methoxy groups -OCH3 is 1. The van der Waals surface area contributed by atoms with Crippen LogP contribution in [0.1, 0.15) is 33.1 Å². The number of hydrogen-bond donors (Lipinski definition) is 2. The molecule has 2 N–H and O–H groups in total. The molecule has 2 aromatic carbocycles. The van der Waals surface area contributed by atoms with Crippen molar-refractivity contribution in [2.24, 2.45) is 0 Å². The molecule has 0 atom stereocenters. The molecule has 0 fully saturated rings. The number of H-pyrrole nitrogens is 2. The van der Waals surface area contributed by atoms with Crippen molar-refractivity contribution in [3.05, 3.63) is 120 Å². The third-order valence-electron chi connectivity index (χ3n) is 7.59. The van der Waals surface area contributed by atoms with Crippen LogP contribution in [0.25, 0.3) is 68.6 Å². The van der Waals surface area contributed by atoms with Crippen LogP contribution in [0.4, 0.5) is 5.69 Å². The molecule has 45 heavy (non-hydrogen) atoms. The Balaban J connectivity index is 1.54. The zero-order valence-corrected chi connectivity index (χ0v) is 26.6. The second-order valence-electron chi connectivity index (χ2n) is 10.3. The van der Waals surface area contributed by atoms with E-state index in [4.69, 9.17) is 14.7 Å². The lowest BCUT2D eigenvalue weighted by Crippen LogP contribution is -2.00. The Bertz CT molecular complexity index is 2170. The third kappa shape index (κ3) is 5.19. The van der Waals surface area contributed by atoms with Gasteiger partial charge < -0.3 is 14.7 Å². The summed E-state index contributed by atoms with van der Waals surface area (Å²) in [5, 5.41) is 11.3. The number of hydrogen-bond acceptors (Lipinski definition) is 6. The fraction of sp³-hybridized carbons (Fsp3) is 0.0294. The first-order chi connectivity index (χ1) is 21.8. The van der Waals surface area contributed by atoms with Gasteiger partial charge in [-0.1, -0.05) is 12.1 Å². The monoisotopic (exact) mass is 721 g/mol. The van der Waals surface area contributed by atoms with E-state index in [1.54, 1.807) is 24.3 Å². The summed E-state index contributed by atoms with van der Waals surface area (Å²) < 4.78 is 6.39. The predicted molar refractivity (Wildman–Crippen MR) is 183 cm³/mol. The van der Waals surface area contributed by atoms with Gasteiger partial charge in [-0.15, -0.1) is 0 Å². The highest BCUT2D eigenvalue weighted by Crippen LogP contribution is 2.36. The number of nitro groups is 1. The molecule has 2 aliphatic heterocycles. The van der Waals surface area contributed by atoms with E-state index in [1.807, 2.05) is 60.7 Å². The van der Waals surface area contributed by atoms with E-state index in [2.05, 4.69) is 41.8 Å². The second-order valence-corrected chi connectivity index (χ2v) is 11.8. The Morgan fingerprint density at radius 3 is 1.60 bits per heavy atom. The maximum atomic E-state index is 12.1. The van der Waals surface area contributed by atoms with Gasteiger partial charge in [0.15, 0.2) is 0 Å². The minimum absolute atomic E-state index is 0.0193. The summed E-state index contributed by atoms with van der Waals surface area (Å²) in [5.74, 6) is -0.409. The molecule has 11 heteroatoms. The molecule has 0 radical (unpaired) electrons. The molecule has 0 spiro atoms. The average molecular weight is 723 g/mol. The van der Waals surface area contributed by atoms with E-state index in [-0.39, 0.29) is 5.69 Å². The van der Waals surface area contributed by atoms with E-state index in [0.717, 1.165) is 53.3 Å². The van der Waals surface area contributed by atoms with Crippen molar-refractivity contribution in [1.29, 1.82) is 0 Å². The van der Waals surface area contributed by atoms with Crippen molar-refractivity contribution in [1.82, 2.24) is 19.9 Å². The van der Waals surface area contributed by atoms with Gasteiger partial charge in [-0.3, -0.25) is 10.1 Å². The first-order valence-corrected chi connectivity index (χ1v) is 15.3. The molecule has 5 aromatic rings. The van der Waals surface area contributed by atoms with Crippen molar-refractivity contribution in [3.63, 3.8) is 0 Å². The van der Waals surface area contributed by atoms with Gasteiger partial charge in [-0.05, 0) is 116 Å². The molecule has 5 heterocycles. The summed E-state index contributed by atoms with van der Waals surface area (Å²) in [6.45, 7) is 0. The van der Waals surface area contributed by atoms with Gasteiger partial charge in [-0.2, -0.15) is 0 Å². The highest BCUT2D eigenvalue weighted by atomic mass is 79.9. The first kappa shape index (κ1) is 28.6. The van der Waals surface area contributed by atoms with E-state index < -0.39 is 10.9 Å². The van der Waals surface area contributed by atoms with Crippen LogP contribution in [0.15, 0.2) is 81.7 Å². The Hall–Kier alpha value is -5.13. The number of carbonyl (C=O) groups excluding carboxylic acids is 1. The molecule has 0 aliphatic carbocycles. The van der Waals surface area contributed by atoms with Crippen LogP contribution >= 0.6 is 31.9 Å². The topological polar surface area (TPSA) is 127 Å². The lowest BCUT2D eigenvalue weighted by atomic mass is 10.0. The van der Waals surface area contributed by atoms with E-state index in [9.17, 15) is 14.9 Å². The molecule has 3 aromatic heterocycles. The Labute approximate surface area is 272 Å². The standard InChI is InChI=1S/C34H21Br2N5O4/c1-45-34(42)20-4-2-18(3-5-20)30-22-10-14-26(37-22)32(35)28-16-12-24(39-28)31(19-6-8-21(9-7-19)41(43)44)25-13-17-29(40-25)33(36)27-15-11-23(30)38-27/h2-17,39-40H,1H3. The number of nitrogens with one attached hydrogen (secondary N) is 2. The normalized spacial score (nSPS) is 12.0. The number of benzene rings is 2. The third-order valence-corrected chi connectivity index (χ3v) is 9.25. The van der Waals surface area contributed by atoms with Crippen LogP contribution in [0, 0.1) is 10.1 Å². The molecular weight excluding hydrogens is 702 g/mol. The van der Waals surface area contributed by atoms with E-state index in [0.29, 0.717) is 28.3 Å². The molecule has 0 amide bonds. The number of esters is 1. The number of aromatic nitrogens is 4. The van der Waals surface area contributed by atoms with Crippen LogP contribution in [-0.2, 0) is 4.74 Å². The molecule has 0 saturated carbocycles. The summed E-state index contributed by atoms with van der Waals surface area (Å²) in [6, 6.07) is 21.5. The minimum atomic E-state index is -0.409. The fourth-order valence-corrected chi connectivity index (χ4v) is 6.29. The summed E-state index contributed by atoms with van der Waals surface area (Å²) in [7, 11) is 1.36. The maximum absolute atomic E-state index is 12.1. The Kier molecular flexibility index (Phi) is 7.26. The zero-order chi connectivity index (χ0) is 31.2. The lowest BCUT2D eigenvalue weighted by molar-refractivity contribution is -0.384. The number of nitro benzene ring substituents is 1. The molecule has 7 rings (SSSR count). The summed E-state index contributed by atoms with van der Waals surface area (Å²) in [4.78, 5) is 40.0. The van der Waals surface area contributed by atoms with Crippen LogP contribution in [-0.4, -0.2) is 37.9 Å². The van der Waals surface area contributed by atoms with Gasteiger partial charge in [0.05, 0.1) is 60.4 Å².